The Balaban J connectivity index is 1.65. The molecule has 0 radical (unpaired) electrons. The van der Waals surface area contributed by atoms with Crippen molar-refractivity contribution in [3.8, 4) is 5.75 Å². The van der Waals surface area contributed by atoms with Gasteiger partial charge in [0.15, 0.2) is 0 Å². The molecule has 0 spiro atoms. The molecule has 0 saturated carbocycles. The second-order valence-electron chi connectivity index (χ2n) is 5.10. The van der Waals surface area contributed by atoms with E-state index in [-0.39, 0.29) is 12.6 Å². The van der Waals surface area contributed by atoms with Gasteiger partial charge in [0.1, 0.15) is 5.75 Å². The van der Waals surface area contributed by atoms with Crippen molar-refractivity contribution in [1.29, 1.82) is 0 Å². The number of ether oxygens (including phenoxy) is 1. The van der Waals surface area contributed by atoms with E-state index in [2.05, 4.69) is 11.4 Å². The summed E-state index contributed by atoms with van der Waals surface area (Å²) < 4.78 is 5.68. The molecule has 1 heterocycles. The molecule has 3 nitrogen and oxygen atoms in total. The first-order valence-corrected chi connectivity index (χ1v) is 6.99. The quantitative estimate of drug-likeness (QED) is 0.876. The number of para-hydroxylation sites is 1. The summed E-state index contributed by atoms with van der Waals surface area (Å²) >= 11 is 0. The maximum absolute atomic E-state index is 9.55. The van der Waals surface area contributed by atoms with Crippen LogP contribution in [0.4, 0.5) is 0 Å². The molecule has 0 fully saturated rings. The molecule has 0 amide bonds. The number of benzene rings is 2. The van der Waals surface area contributed by atoms with E-state index in [1.165, 1.54) is 5.56 Å². The van der Waals surface area contributed by atoms with Crippen molar-refractivity contribution in [3.63, 3.8) is 0 Å². The molecule has 3 heteroatoms. The predicted octanol–water partition coefficient (Wildman–Crippen LogP) is 2.49. The zero-order chi connectivity index (χ0) is 13.8. The predicted molar refractivity (Wildman–Crippen MR) is 78.9 cm³/mol. The monoisotopic (exact) mass is 269 g/mol. The van der Waals surface area contributed by atoms with Crippen LogP contribution in [0.25, 0.3) is 0 Å². The van der Waals surface area contributed by atoms with Gasteiger partial charge in [-0.1, -0.05) is 48.5 Å². The Kier molecular flexibility index (Phi) is 4.00. The summed E-state index contributed by atoms with van der Waals surface area (Å²) in [5, 5.41) is 13.0. The van der Waals surface area contributed by atoms with Gasteiger partial charge in [-0.05, 0) is 11.6 Å². The van der Waals surface area contributed by atoms with Crippen molar-refractivity contribution in [2.75, 3.05) is 19.8 Å². The average Bonchev–Trinajstić information content (AvgIpc) is 2.92. The summed E-state index contributed by atoms with van der Waals surface area (Å²) in [6, 6.07) is 18.2. The van der Waals surface area contributed by atoms with E-state index in [4.69, 9.17) is 4.74 Å². The van der Waals surface area contributed by atoms with E-state index in [9.17, 15) is 5.11 Å². The van der Waals surface area contributed by atoms with Gasteiger partial charge in [-0.2, -0.15) is 0 Å². The van der Waals surface area contributed by atoms with Crippen molar-refractivity contribution in [3.05, 3.63) is 65.7 Å². The minimum Gasteiger partial charge on any atom is -0.493 e. The van der Waals surface area contributed by atoms with E-state index >= 15 is 0 Å². The van der Waals surface area contributed by atoms with Gasteiger partial charge >= 0.3 is 0 Å². The fourth-order valence-electron chi connectivity index (χ4n) is 2.66. The lowest BCUT2D eigenvalue weighted by Crippen LogP contribution is -2.29. The number of rotatable bonds is 5. The number of hydrogen-bond donors (Lipinski definition) is 2. The average molecular weight is 269 g/mol. The molecule has 2 N–H and O–H groups in total. The van der Waals surface area contributed by atoms with Crippen LogP contribution in [0.2, 0.25) is 0 Å². The molecule has 1 aliphatic rings. The van der Waals surface area contributed by atoms with E-state index in [0.717, 1.165) is 17.9 Å². The summed E-state index contributed by atoms with van der Waals surface area (Å²) in [5.41, 5.74) is 2.37. The molecule has 20 heavy (non-hydrogen) atoms. The van der Waals surface area contributed by atoms with Crippen LogP contribution in [0.5, 0.6) is 5.75 Å². The van der Waals surface area contributed by atoms with Crippen LogP contribution in [-0.4, -0.2) is 24.9 Å². The number of fused-ring (bicyclic) bond motifs is 1. The van der Waals surface area contributed by atoms with E-state index in [1.807, 2.05) is 48.5 Å². The lowest BCUT2D eigenvalue weighted by atomic mass is 10.0. The van der Waals surface area contributed by atoms with Crippen molar-refractivity contribution in [2.45, 2.75) is 12.0 Å². The minimum atomic E-state index is -0.0241. The summed E-state index contributed by atoms with van der Waals surface area (Å²) in [6.07, 6.45) is 0. The highest BCUT2D eigenvalue weighted by molar-refractivity contribution is 5.39. The molecular formula is C17H19NO2. The molecular weight excluding hydrogens is 250 g/mol. The maximum atomic E-state index is 9.55. The second kappa shape index (κ2) is 6.07. The third-order valence-electron chi connectivity index (χ3n) is 3.79. The van der Waals surface area contributed by atoms with E-state index in [1.54, 1.807) is 0 Å². The molecule has 1 aliphatic heterocycles. The van der Waals surface area contributed by atoms with Crippen molar-refractivity contribution >= 4 is 0 Å². The molecule has 2 atom stereocenters. The fourth-order valence-corrected chi connectivity index (χ4v) is 2.66. The smallest absolute Gasteiger partial charge is 0.122 e. The van der Waals surface area contributed by atoms with Crippen LogP contribution >= 0.6 is 0 Å². The van der Waals surface area contributed by atoms with Crippen LogP contribution < -0.4 is 10.1 Å². The number of nitrogens with one attached hydrogen (secondary N) is 1. The normalized spacial score (nSPS) is 18.4. The number of aliphatic hydroxyl groups excluding tert-OH is 1. The van der Waals surface area contributed by atoms with E-state index in [0.29, 0.717) is 12.5 Å². The Bertz CT molecular complexity index is 554. The van der Waals surface area contributed by atoms with Gasteiger partial charge in [0.2, 0.25) is 0 Å². The summed E-state index contributed by atoms with van der Waals surface area (Å²) in [4.78, 5) is 0. The second-order valence-corrected chi connectivity index (χ2v) is 5.10. The molecule has 2 aromatic carbocycles. The van der Waals surface area contributed by atoms with Crippen LogP contribution in [-0.2, 0) is 0 Å². The Labute approximate surface area is 119 Å². The van der Waals surface area contributed by atoms with E-state index < -0.39 is 0 Å². The molecule has 0 saturated heterocycles. The van der Waals surface area contributed by atoms with Gasteiger partial charge < -0.3 is 15.2 Å². The van der Waals surface area contributed by atoms with Gasteiger partial charge in [0, 0.05) is 18.0 Å². The Morgan fingerprint density at radius 1 is 1.10 bits per heavy atom. The largest absolute Gasteiger partial charge is 0.493 e. The van der Waals surface area contributed by atoms with Gasteiger partial charge in [-0.3, -0.25) is 0 Å². The molecule has 0 aromatic heterocycles. The fraction of sp³-hybridized carbons (Fsp3) is 0.294. The van der Waals surface area contributed by atoms with Crippen LogP contribution in [0.15, 0.2) is 54.6 Å². The van der Waals surface area contributed by atoms with Gasteiger partial charge in [-0.25, -0.2) is 0 Å². The molecule has 2 unspecified atom stereocenters. The standard InChI is InChI=1S/C17H19NO2/c19-11-16(13-6-2-1-3-7-13)18-10-14-12-20-17-9-5-4-8-15(14)17/h1-9,14,16,18-19H,10-12H2. The highest BCUT2D eigenvalue weighted by Crippen LogP contribution is 2.33. The Hall–Kier alpha value is -1.84. The van der Waals surface area contributed by atoms with Crippen molar-refractivity contribution in [2.24, 2.45) is 0 Å². The van der Waals surface area contributed by atoms with Crippen molar-refractivity contribution in [1.82, 2.24) is 5.32 Å². The lowest BCUT2D eigenvalue weighted by Gasteiger charge is -2.19. The maximum Gasteiger partial charge on any atom is 0.122 e. The lowest BCUT2D eigenvalue weighted by molar-refractivity contribution is 0.238. The van der Waals surface area contributed by atoms with Gasteiger partial charge in [0.05, 0.1) is 19.3 Å². The summed E-state index contributed by atoms with van der Waals surface area (Å²) in [6.45, 7) is 1.61. The van der Waals surface area contributed by atoms with Gasteiger partial charge in [-0.15, -0.1) is 0 Å². The highest BCUT2D eigenvalue weighted by atomic mass is 16.5. The van der Waals surface area contributed by atoms with Crippen LogP contribution in [0.3, 0.4) is 0 Å². The zero-order valence-corrected chi connectivity index (χ0v) is 11.3. The third kappa shape index (κ3) is 2.69. The SMILES string of the molecule is OCC(NCC1COc2ccccc21)c1ccccc1. The first-order chi connectivity index (χ1) is 9.88. The van der Waals surface area contributed by atoms with Crippen LogP contribution in [0.1, 0.15) is 23.1 Å². The highest BCUT2D eigenvalue weighted by Gasteiger charge is 2.24. The summed E-state index contributed by atoms with van der Waals surface area (Å²) in [5.74, 6) is 1.34. The Morgan fingerprint density at radius 2 is 1.85 bits per heavy atom. The minimum absolute atomic E-state index is 0.0241. The number of hydrogen-bond acceptors (Lipinski definition) is 3. The van der Waals surface area contributed by atoms with Crippen molar-refractivity contribution < 1.29 is 9.84 Å². The Morgan fingerprint density at radius 3 is 2.65 bits per heavy atom. The molecule has 2 aromatic rings. The first kappa shape index (κ1) is 13.2. The third-order valence-corrected chi connectivity index (χ3v) is 3.79. The van der Waals surface area contributed by atoms with Crippen LogP contribution in [0, 0.1) is 0 Å². The topological polar surface area (TPSA) is 41.5 Å². The molecule has 0 aliphatic carbocycles. The summed E-state index contributed by atoms with van der Waals surface area (Å²) in [7, 11) is 0. The zero-order valence-electron chi connectivity index (χ0n) is 11.3. The molecule has 0 bridgehead atoms. The first-order valence-electron chi connectivity index (χ1n) is 6.99. The molecule has 104 valence electrons. The van der Waals surface area contributed by atoms with Gasteiger partial charge in [0.25, 0.3) is 0 Å². The molecule has 3 rings (SSSR count). The number of aliphatic hydroxyl groups is 1.